The molecule has 0 bridgehead atoms. The van der Waals surface area contributed by atoms with Crippen molar-refractivity contribution >= 4 is 23.3 Å². The van der Waals surface area contributed by atoms with Crippen LogP contribution < -0.4 is 0 Å². The summed E-state index contributed by atoms with van der Waals surface area (Å²) in [7, 11) is 2.15. The average Bonchev–Trinajstić information content (AvgIpc) is 2.99. The molecule has 1 aliphatic rings. The minimum absolute atomic E-state index is 0. The second kappa shape index (κ2) is 7.97. The summed E-state index contributed by atoms with van der Waals surface area (Å²) in [6.07, 6.45) is 1.88. The molecule has 0 radical (unpaired) electrons. The van der Waals surface area contributed by atoms with Crippen molar-refractivity contribution in [1.29, 1.82) is 5.26 Å². The lowest BCUT2D eigenvalue weighted by Gasteiger charge is -2.32. The molecule has 0 unspecified atom stereocenters. The van der Waals surface area contributed by atoms with Gasteiger partial charge in [0.05, 0.1) is 22.9 Å². The highest BCUT2D eigenvalue weighted by atomic mass is 35.5. The van der Waals surface area contributed by atoms with Gasteiger partial charge in [-0.05, 0) is 36.9 Å². The number of fused-ring (bicyclic) bond motifs is 1. The van der Waals surface area contributed by atoms with Crippen LogP contribution in [-0.4, -0.2) is 58.1 Å². The largest absolute Gasteiger partial charge is 0.494 e. The standard InChI is InChI=1S/C20H21N5O.ClH/c1-24-6-8-25(9-7-24)13-15-3-5-18(22-12-15)19-16-10-14(11-21)2-4-17(16)23-20(19)26;/h2-5,10,12,23,26H,6-9,13H2,1H3;1H. The molecule has 140 valence electrons. The molecule has 2 aromatic heterocycles. The third-order valence-electron chi connectivity index (χ3n) is 4.99. The first-order chi connectivity index (χ1) is 12.6. The Kier molecular flexibility index (Phi) is 5.66. The van der Waals surface area contributed by atoms with Crippen LogP contribution in [0.25, 0.3) is 22.2 Å². The van der Waals surface area contributed by atoms with Gasteiger partial charge in [-0.3, -0.25) is 9.88 Å². The van der Waals surface area contributed by atoms with Crippen LogP contribution in [0, 0.1) is 11.3 Å². The van der Waals surface area contributed by atoms with Crippen LogP contribution in [0.3, 0.4) is 0 Å². The second-order valence-corrected chi connectivity index (χ2v) is 6.85. The van der Waals surface area contributed by atoms with Crippen LogP contribution >= 0.6 is 12.4 Å². The van der Waals surface area contributed by atoms with Crippen molar-refractivity contribution in [3.05, 3.63) is 47.7 Å². The quantitative estimate of drug-likeness (QED) is 0.726. The highest BCUT2D eigenvalue weighted by Gasteiger charge is 2.16. The molecular formula is C20H22ClN5O. The van der Waals surface area contributed by atoms with Gasteiger partial charge in [0.25, 0.3) is 0 Å². The van der Waals surface area contributed by atoms with Gasteiger partial charge < -0.3 is 15.0 Å². The Morgan fingerprint density at radius 1 is 1.19 bits per heavy atom. The zero-order valence-corrected chi connectivity index (χ0v) is 16.0. The summed E-state index contributed by atoms with van der Waals surface area (Å²) in [5.41, 5.74) is 3.86. The van der Waals surface area contributed by atoms with Crippen molar-refractivity contribution < 1.29 is 5.11 Å². The number of aromatic nitrogens is 2. The summed E-state index contributed by atoms with van der Waals surface area (Å²) >= 11 is 0. The molecule has 7 heteroatoms. The van der Waals surface area contributed by atoms with Gasteiger partial charge in [-0.15, -0.1) is 12.4 Å². The van der Waals surface area contributed by atoms with Crippen LogP contribution in [-0.2, 0) is 6.54 Å². The number of aromatic hydroxyl groups is 1. The second-order valence-electron chi connectivity index (χ2n) is 6.85. The fourth-order valence-electron chi connectivity index (χ4n) is 3.44. The van der Waals surface area contributed by atoms with E-state index in [2.05, 4.69) is 39.0 Å². The minimum atomic E-state index is 0. The maximum atomic E-state index is 10.3. The van der Waals surface area contributed by atoms with E-state index in [9.17, 15) is 5.11 Å². The molecule has 3 heterocycles. The Morgan fingerprint density at radius 2 is 1.96 bits per heavy atom. The van der Waals surface area contributed by atoms with Crippen molar-refractivity contribution in [3.8, 4) is 23.2 Å². The van der Waals surface area contributed by atoms with Gasteiger partial charge >= 0.3 is 0 Å². The minimum Gasteiger partial charge on any atom is -0.494 e. The fraction of sp³-hybridized carbons (Fsp3) is 0.300. The summed E-state index contributed by atoms with van der Waals surface area (Å²) in [6.45, 7) is 5.21. The number of hydrogen-bond donors (Lipinski definition) is 2. The monoisotopic (exact) mass is 383 g/mol. The fourth-order valence-corrected chi connectivity index (χ4v) is 3.44. The van der Waals surface area contributed by atoms with Crippen LogP contribution in [0.1, 0.15) is 11.1 Å². The molecule has 1 fully saturated rings. The molecule has 4 rings (SSSR count). The van der Waals surface area contributed by atoms with Crippen molar-refractivity contribution in [2.45, 2.75) is 6.54 Å². The summed E-state index contributed by atoms with van der Waals surface area (Å²) < 4.78 is 0. The van der Waals surface area contributed by atoms with Gasteiger partial charge in [-0.25, -0.2) is 0 Å². The zero-order chi connectivity index (χ0) is 18.1. The highest BCUT2D eigenvalue weighted by molar-refractivity contribution is 5.98. The van der Waals surface area contributed by atoms with E-state index < -0.39 is 0 Å². The molecule has 1 aliphatic heterocycles. The summed E-state index contributed by atoms with van der Waals surface area (Å²) in [5.74, 6) is 0.0782. The maximum Gasteiger partial charge on any atom is 0.199 e. The van der Waals surface area contributed by atoms with E-state index in [1.165, 1.54) is 0 Å². The topological polar surface area (TPSA) is 79.2 Å². The first kappa shape index (κ1) is 19.2. The third kappa shape index (κ3) is 3.91. The molecule has 3 aromatic rings. The number of aromatic amines is 1. The average molecular weight is 384 g/mol. The number of rotatable bonds is 3. The summed E-state index contributed by atoms with van der Waals surface area (Å²) in [4.78, 5) is 12.3. The number of H-pyrrole nitrogens is 1. The number of piperazine rings is 1. The van der Waals surface area contributed by atoms with E-state index in [-0.39, 0.29) is 18.3 Å². The Morgan fingerprint density at radius 3 is 2.63 bits per heavy atom. The lowest BCUT2D eigenvalue weighted by Crippen LogP contribution is -2.43. The van der Waals surface area contributed by atoms with Gasteiger partial charge in [0.15, 0.2) is 5.88 Å². The molecule has 6 nitrogen and oxygen atoms in total. The molecule has 2 N–H and O–H groups in total. The van der Waals surface area contributed by atoms with Crippen LogP contribution in [0.2, 0.25) is 0 Å². The molecule has 0 aliphatic carbocycles. The number of nitrogens with zero attached hydrogens (tertiary/aromatic N) is 4. The lowest BCUT2D eigenvalue weighted by atomic mass is 10.1. The number of nitriles is 1. The normalized spacial score (nSPS) is 15.4. The van der Waals surface area contributed by atoms with Crippen LogP contribution in [0.5, 0.6) is 5.88 Å². The molecule has 1 saturated heterocycles. The molecule has 1 aromatic carbocycles. The smallest absolute Gasteiger partial charge is 0.199 e. The first-order valence-corrected chi connectivity index (χ1v) is 8.75. The van der Waals surface area contributed by atoms with Crippen LogP contribution in [0.15, 0.2) is 36.5 Å². The number of hydrogen-bond acceptors (Lipinski definition) is 5. The van der Waals surface area contributed by atoms with Gasteiger partial charge in [0.1, 0.15) is 0 Å². The Labute approximate surface area is 164 Å². The molecule has 0 atom stereocenters. The third-order valence-corrected chi connectivity index (χ3v) is 4.99. The van der Waals surface area contributed by atoms with Crippen molar-refractivity contribution in [3.63, 3.8) is 0 Å². The number of benzene rings is 1. The first-order valence-electron chi connectivity index (χ1n) is 8.75. The molecular weight excluding hydrogens is 362 g/mol. The summed E-state index contributed by atoms with van der Waals surface area (Å²) in [5, 5.41) is 20.2. The predicted molar refractivity (Wildman–Crippen MR) is 108 cm³/mol. The van der Waals surface area contributed by atoms with E-state index in [4.69, 9.17) is 5.26 Å². The van der Waals surface area contributed by atoms with Gasteiger partial charge in [-0.1, -0.05) is 6.07 Å². The van der Waals surface area contributed by atoms with E-state index >= 15 is 0 Å². The zero-order valence-electron chi connectivity index (χ0n) is 15.1. The number of halogens is 1. The van der Waals surface area contributed by atoms with E-state index in [0.29, 0.717) is 16.8 Å². The number of likely N-dealkylation sites (N-methyl/N-ethyl adjacent to an activating group) is 1. The molecule has 27 heavy (non-hydrogen) atoms. The lowest BCUT2D eigenvalue weighted by molar-refractivity contribution is 0.148. The van der Waals surface area contributed by atoms with E-state index in [1.54, 1.807) is 18.2 Å². The van der Waals surface area contributed by atoms with E-state index in [0.717, 1.165) is 49.2 Å². The molecule has 0 spiro atoms. The maximum absolute atomic E-state index is 10.3. The SMILES string of the molecule is CN1CCN(Cc2ccc(-c3c(O)[nH]c4ccc(C#N)cc34)nc2)CC1.Cl. The van der Waals surface area contributed by atoms with Crippen LogP contribution in [0.4, 0.5) is 0 Å². The Bertz CT molecular complexity index is 968. The van der Waals surface area contributed by atoms with Crippen molar-refractivity contribution in [2.24, 2.45) is 0 Å². The van der Waals surface area contributed by atoms with Gasteiger partial charge in [-0.2, -0.15) is 5.26 Å². The Hall–Kier alpha value is -2.59. The molecule has 0 amide bonds. The predicted octanol–water partition coefficient (Wildman–Crippen LogP) is 2.98. The van der Waals surface area contributed by atoms with Crippen molar-refractivity contribution in [2.75, 3.05) is 33.2 Å². The molecule has 0 saturated carbocycles. The van der Waals surface area contributed by atoms with Gasteiger partial charge in [0, 0.05) is 49.8 Å². The summed E-state index contributed by atoms with van der Waals surface area (Å²) in [6, 6.07) is 11.5. The number of nitrogens with one attached hydrogen (secondary N) is 1. The van der Waals surface area contributed by atoms with E-state index in [1.807, 2.05) is 12.3 Å². The van der Waals surface area contributed by atoms with Gasteiger partial charge in [0.2, 0.25) is 0 Å². The Balaban J connectivity index is 0.00000210. The number of pyridine rings is 1. The van der Waals surface area contributed by atoms with Crippen molar-refractivity contribution in [1.82, 2.24) is 19.8 Å². The highest BCUT2D eigenvalue weighted by Crippen LogP contribution is 2.36.